The summed E-state index contributed by atoms with van der Waals surface area (Å²) < 4.78 is 0. The van der Waals surface area contributed by atoms with Gasteiger partial charge in [0.2, 0.25) is 17.7 Å². The second-order valence-electron chi connectivity index (χ2n) is 8.06. The highest BCUT2D eigenvalue weighted by molar-refractivity contribution is 5.94. The third-order valence-corrected chi connectivity index (χ3v) is 5.53. The zero-order chi connectivity index (χ0) is 25.3. The number of aliphatic hydroxyl groups is 1. The first-order chi connectivity index (χ1) is 16.1. The fourth-order valence-electron chi connectivity index (χ4n) is 3.72. The molecule has 12 nitrogen and oxygen atoms in total. The normalized spacial score (nSPS) is 17.9. The van der Waals surface area contributed by atoms with E-state index in [4.69, 9.17) is 15.9 Å². The maximum absolute atomic E-state index is 13.0. The van der Waals surface area contributed by atoms with Crippen LogP contribution in [-0.4, -0.2) is 87.2 Å². The Hall–Kier alpha value is -3.51. The minimum absolute atomic E-state index is 0.0422. The fraction of sp³-hybridized carbons (Fsp3) is 0.500. The number of nitrogens with one attached hydrogen (secondary N) is 2. The monoisotopic (exact) mass is 478 g/mol. The zero-order valence-corrected chi connectivity index (χ0v) is 18.6. The second-order valence-corrected chi connectivity index (χ2v) is 8.06. The second kappa shape index (κ2) is 12.7. The van der Waals surface area contributed by atoms with Crippen molar-refractivity contribution in [3.63, 3.8) is 0 Å². The van der Waals surface area contributed by atoms with Gasteiger partial charge in [-0.2, -0.15) is 0 Å². The smallest absolute Gasteiger partial charge is 0.326 e. The molecule has 186 valence electrons. The number of nitrogens with zero attached hydrogens (tertiary/aromatic N) is 1. The van der Waals surface area contributed by atoms with Crippen LogP contribution in [0.4, 0.5) is 0 Å². The first-order valence-corrected chi connectivity index (χ1v) is 10.9. The van der Waals surface area contributed by atoms with Gasteiger partial charge < -0.3 is 36.6 Å². The van der Waals surface area contributed by atoms with Crippen molar-refractivity contribution in [3.8, 4) is 0 Å². The minimum atomic E-state index is -1.45. The minimum Gasteiger partial charge on any atom is -0.481 e. The summed E-state index contributed by atoms with van der Waals surface area (Å²) in [6, 6.07) is 4.04. The number of nitrogens with two attached hydrogens (primary N) is 1. The molecule has 1 aromatic carbocycles. The van der Waals surface area contributed by atoms with Crippen molar-refractivity contribution in [2.45, 2.75) is 56.3 Å². The molecule has 1 fully saturated rings. The van der Waals surface area contributed by atoms with Crippen LogP contribution in [0.2, 0.25) is 0 Å². The number of carbonyl (C=O) groups is 5. The van der Waals surface area contributed by atoms with E-state index in [0.717, 1.165) is 0 Å². The molecule has 4 atom stereocenters. The van der Waals surface area contributed by atoms with Crippen LogP contribution in [0, 0.1) is 0 Å². The summed E-state index contributed by atoms with van der Waals surface area (Å²) >= 11 is 0. The van der Waals surface area contributed by atoms with Crippen LogP contribution in [0.3, 0.4) is 0 Å². The van der Waals surface area contributed by atoms with Gasteiger partial charge in [0.05, 0.1) is 6.61 Å². The number of rotatable bonds is 12. The van der Waals surface area contributed by atoms with Gasteiger partial charge >= 0.3 is 11.9 Å². The number of aliphatic carboxylic acids is 2. The standard InChI is InChI=1S/C22H30N4O8/c23-14(12-27)21(32)26-10-4-7-17(26)20(31)25-16(11-13-5-2-1-3-6-13)19(30)24-15(22(33)34)8-9-18(28)29/h1-3,5-6,14-17,27H,4,7-12,23H2,(H,24,30)(H,25,31)(H,28,29)(H,33,34). The van der Waals surface area contributed by atoms with Gasteiger partial charge in [0.25, 0.3) is 0 Å². The number of carboxylic acid groups (broad SMARTS) is 2. The molecule has 0 aliphatic carbocycles. The average Bonchev–Trinajstić information content (AvgIpc) is 3.30. The SMILES string of the molecule is NC(CO)C(=O)N1CCCC1C(=O)NC(Cc1ccccc1)C(=O)NC(CCC(=O)O)C(=O)O. The van der Waals surface area contributed by atoms with Crippen LogP contribution in [-0.2, 0) is 30.4 Å². The van der Waals surface area contributed by atoms with Gasteiger partial charge in [-0.25, -0.2) is 4.79 Å². The number of carboxylic acids is 2. The van der Waals surface area contributed by atoms with E-state index in [2.05, 4.69) is 10.6 Å². The first-order valence-electron chi connectivity index (χ1n) is 10.9. The van der Waals surface area contributed by atoms with E-state index in [0.29, 0.717) is 18.4 Å². The van der Waals surface area contributed by atoms with Gasteiger partial charge in [-0.3, -0.25) is 19.2 Å². The maximum Gasteiger partial charge on any atom is 0.326 e. The predicted molar refractivity (Wildman–Crippen MR) is 118 cm³/mol. The summed E-state index contributed by atoms with van der Waals surface area (Å²) in [5.74, 6) is -4.59. The Morgan fingerprint density at radius 2 is 1.74 bits per heavy atom. The molecule has 0 saturated carbocycles. The van der Waals surface area contributed by atoms with Gasteiger partial charge in [0.1, 0.15) is 24.2 Å². The Bertz CT molecular complexity index is 894. The number of aliphatic hydroxyl groups excluding tert-OH is 1. The third-order valence-electron chi connectivity index (χ3n) is 5.53. The quantitative estimate of drug-likeness (QED) is 0.206. The van der Waals surface area contributed by atoms with Gasteiger partial charge in [-0.1, -0.05) is 30.3 Å². The van der Waals surface area contributed by atoms with Crippen LogP contribution in [0.25, 0.3) is 0 Å². The first kappa shape index (κ1) is 26.7. The molecular weight excluding hydrogens is 448 g/mol. The van der Waals surface area contributed by atoms with Gasteiger partial charge in [-0.15, -0.1) is 0 Å². The molecule has 4 unspecified atom stereocenters. The van der Waals surface area contributed by atoms with Crippen LogP contribution < -0.4 is 16.4 Å². The average molecular weight is 479 g/mol. The highest BCUT2D eigenvalue weighted by atomic mass is 16.4. The molecule has 1 aliphatic heterocycles. The fourth-order valence-corrected chi connectivity index (χ4v) is 3.72. The predicted octanol–water partition coefficient (Wildman–Crippen LogP) is -1.54. The van der Waals surface area contributed by atoms with Crippen LogP contribution in [0.1, 0.15) is 31.2 Å². The molecule has 3 amide bonds. The molecule has 0 bridgehead atoms. The Labute approximate surface area is 196 Å². The number of likely N-dealkylation sites (tertiary alicyclic amines) is 1. The van der Waals surface area contributed by atoms with E-state index in [-0.39, 0.29) is 19.4 Å². The maximum atomic E-state index is 13.0. The summed E-state index contributed by atoms with van der Waals surface area (Å²) in [5, 5.41) is 32.3. The number of benzene rings is 1. The van der Waals surface area contributed by atoms with Crippen LogP contribution >= 0.6 is 0 Å². The number of hydrogen-bond acceptors (Lipinski definition) is 7. The van der Waals surface area contributed by atoms with Crippen molar-refractivity contribution >= 4 is 29.7 Å². The van der Waals surface area contributed by atoms with E-state index in [1.807, 2.05) is 0 Å². The Kier molecular flexibility index (Phi) is 9.95. The molecule has 0 spiro atoms. The lowest BCUT2D eigenvalue weighted by atomic mass is 10.0. The molecule has 34 heavy (non-hydrogen) atoms. The van der Waals surface area contributed by atoms with Crippen molar-refractivity contribution in [1.29, 1.82) is 0 Å². The van der Waals surface area contributed by atoms with Gasteiger partial charge in [-0.05, 0) is 24.8 Å². The van der Waals surface area contributed by atoms with E-state index >= 15 is 0 Å². The van der Waals surface area contributed by atoms with E-state index in [9.17, 15) is 29.1 Å². The lowest BCUT2D eigenvalue weighted by molar-refractivity contribution is -0.144. The Morgan fingerprint density at radius 3 is 2.32 bits per heavy atom. The van der Waals surface area contributed by atoms with E-state index < -0.39 is 66.9 Å². The lowest BCUT2D eigenvalue weighted by Gasteiger charge is -2.28. The van der Waals surface area contributed by atoms with Crippen LogP contribution in [0.15, 0.2) is 30.3 Å². The molecule has 1 heterocycles. The third kappa shape index (κ3) is 7.52. The van der Waals surface area contributed by atoms with Crippen molar-refractivity contribution in [2.75, 3.05) is 13.2 Å². The summed E-state index contributed by atoms with van der Waals surface area (Å²) in [6.07, 6.45) is 0.129. The molecule has 1 saturated heterocycles. The zero-order valence-electron chi connectivity index (χ0n) is 18.6. The van der Waals surface area contributed by atoms with Crippen molar-refractivity contribution in [2.24, 2.45) is 5.73 Å². The molecule has 7 N–H and O–H groups in total. The Morgan fingerprint density at radius 1 is 1.06 bits per heavy atom. The molecule has 1 aromatic rings. The molecule has 1 aliphatic rings. The molecule has 12 heteroatoms. The van der Waals surface area contributed by atoms with Crippen molar-refractivity contribution in [3.05, 3.63) is 35.9 Å². The number of amides is 3. The van der Waals surface area contributed by atoms with Crippen molar-refractivity contribution in [1.82, 2.24) is 15.5 Å². The molecule has 0 aromatic heterocycles. The summed E-state index contributed by atoms with van der Waals surface area (Å²) in [4.78, 5) is 62.0. The summed E-state index contributed by atoms with van der Waals surface area (Å²) in [6.45, 7) is -0.300. The number of carbonyl (C=O) groups excluding carboxylic acids is 3. The topological polar surface area (TPSA) is 199 Å². The molecular formula is C22H30N4O8. The van der Waals surface area contributed by atoms with Crippen molar-refractivity contribution < 1.29 is 39.3 Å². The largest absolute Gasteiger partial charge is 0.481 e. The van der Waals surface area contributed by atoms with Crippen LogP contribution in [0.5, 0.6) is 0 Å². The lowest BCUT2D eigenvalue weighted by Crippen LogP contribution is -2.57. The summed E-state index contributed by atoms with van der Waals surface area (Å²) in [7, 11) is 0. The summed E-state index contributed by atoms with van der Waals surface area (Å²) in [5.41, 5.74) is 6.31. The van der Waals surface area contributed by atoms with Gasteiger partial charge in [0.15, 0.2) is 0 Å². The highest BCUT2D eigenvalue weighted by Gasteiger charge is 2.37. The molecule has 2 rings (SSSR count). The highest BCUT2D eigenvalue weighted by Crippen LogP contribution is 2.19. The van der Waals surface area contributed by atoms with Gasteiger partial charge in [0, 0.05) is 19.4 Å². The number of hydrogen-bond donors (Lipinski definition) is 6. The Balaban J connectivity index is 2.18. The van der Waals surface area contributed by atoms with E-state index in [1.165, 1.54) is 4.90 Å². The molecule has 0 radical (unpaired) electrons. The van der Waals surface area contributed by atoms with E-state index in [1.54, 1.807) is 30.3 Å².